The van der Waals surface area contributed by atoms with E-state index in [1.165, 1.54) is 17.7 Å². The first-order valence-corrected chi connectivity index (χ1v) is 9.85. The topological polar surface area (TPSA) is 72.3 Å². The van der Waals surface area contributed by atoms with Crippen LogP contribution in [0, 0.1) is 6.92 Å². The maximum absolute atomic E-state index is 13.0. The number of carbonyl (C=O) groups excluding carboxylic acids is 1. The Morgan fingerprint density at radius 3 is 2.55 bits per heavy atom. The number of ketones is 1. The van der Waals surface area contributed by atoms with Gasteiger partial charge in [0.05, 0.1) is 32.9 Å². The van der Waals surface area contributed by atoms with Gasteiger partial charge in [-0.2, -0.15) is 0 Å². The van der Waals surface area contributed by atoms with Crippen molar-refractivity contribution in [2.75, 3.05) is 27.3 Å². The smallest absolute Gasteiger partial charge is 0.232 e. The van der Waals surface area contributed by atoms with Gasteiger partial charge in [-0.15, -0.1) is 0 Å². The molecule has 0 radical (unpaired) electrons. The summed E-state index contributed by atoms with van der Waals surface area (Å²) in [4.78, 5) is 14.4. The van der Waals surface area contributed by atoms with Crippen molar-refractivity contribution in [2.24, 2.45) is 0 Å². The van der Waals surface area contributed by atoms with Gasteiger partial charge in [0.1, 0.15) is 12.3 Å². The van der Waals surface area contributed by atoms with E-state index in [1.807, 2.05) is 6.07 Å². The second kappa shape index (κ2) is 7.79. The largest absolute Gasteiger partial charge is 0.872 e. The van der Waals surface area contributed by atoms with Crippen LogP contribution in [-0.4, -0.2) is 33.1 Å². The molecular weight excluding hydrogens is 370 g/mol. The Morgan fingerprint density at radius 2 is 1.86 bits per heavy atom. The molecule has 29 heavy (non-hydrogen) atoms. The maximum Gasteiger partial charge on any atom is 0.232 e. The minimum atomic E-state index is -0.190. The van der Waals surface area contributed by atoms with Crippen molar-refractivity contribution >= 4 is 11.9 Å². The van der Waals surface area contributed by atoms with Crippen molar-refractivity contribution < 1.29 is 29.0 Å². The molecule has 0 atom stereocenters. The summed E-state index contributed by atoms with van der Waals surface area (Å²) in [7, 11) is 3.14. The molecule has 0 amide bonds. The van der Waals surface area contributed by atoms with Crippen LogP contribution in [0.2, 0.25) is 0 Å². The van der Waals surface area contributed by atoms with Crippen LogP contribution in [0.3, 0.4) is 0 Å². The van der Waals surface area contributed by atoms with Gasteiger partial charge in [0, 0.05) is 18.4 Å². The molecule has 0 aromatic heterocycles. The number of benzene rings is 2. The summed E-state index contributed by atoms with van der Waals surface area (Å²) in [6.07, 6.45) is 4.02. The highest BCUT2D eigenvalue weighted by Crippen LogP contribution is 2.41. The van der Waals surface area contributed by atoms with E-state index in [0.717, 1.165) is 18.7 Å². The van der Waals surface area contributed by atoms with Crippen molar-refractivity contribution in [3.63, 3.8) is 0 Å². The number of fused-ring (bicyclic) bond motifs is 1. The number of ether oxygens (including phenoxy) is 3. The van der Waals surface area contributed by atoms with E-state index in [1.54, 1.807) is 45.4 Å². The number of hydrogen-bond acceptors (Lipinski definition) is 5. The Morgan fingerprint density at radius 1 is 1.14 bits per heavy atom. The quantitative estimate of drug-likeness (QED) is 0.783. The van der Waals surface area contributed by atoms with Crippen LogP contribution < -0.4 is 24.2 Å². The number of allylic oxidation sites excluding steroid dienone is 1. The summed E-state index contributed by atoms with van der Waals surface area (Å²) < 4.78 is 16.6. The number of aryl methyl sites for hydroxylation is 1. The lowest BCUT2D eigenvalue weighted by molar-refractivity contribution is -0.901. The highest BCUT2D eigenvalue weighted by molar-refractivity contribution is 6.15. The Bertz CT molecular complexity index is 989. The molecule has 4 rings (SSSR count). The zero-order valence-corrected chi connectivity index (χ0v) is 17.0. The van der Waals surface area contributed by atoms with E-state index in [0.29, 0.717) is 40.5 Å². The van der Waals surface area contributed by atoms with Crippen molar-refractivity contribution in [3.05, 3.63) is 52.3 Å². The molecule has 152 valence electrons. The fraction of sp³-hybridized carbons (Fsp3) is 0.348. The summed E-state index contributed by atoms with van der Waals surface area (Å²) in [5.41, 5.74) is 2.52. The molecule has 0 unspecified atom stereocenters. The first kappa shape index (κ1) is 19.3. The summed E-state index contributed by atoms with van der Waals surface area (Å²) >= 11 is 0. The van der Waals surface area contributed by atoms with Crippen LogP contribution >= 0.6 is 0 Å². The summed E-state index contributed by atoms with van der Waals surface area (Å²) in [5.74, 6) is 1.59. The normalized spacial score (nSPS) is 17.5. The first-order valence-electron chi connectivity index (χ1n) is 9.85. The standard InChI is InChI=1S/C23H25NO5/c1-14-10-17(25)16(13-24-8-4-5-9-24)23-21(14)22(26)20(29-23)12-15-6-7-18(27-2)19(11-15)28-3/h6-7,10-12,25H,4-5,8-9,13H2,1-3H3. The summed E-state index contributed by atoms with van der Waals surface area (Å²) in [5, 5.41) is 12.7. The van der Waals surface area contributed by atoms with Crippen LogP contribution in [0.15, 0.2) is 30.0 Å². The minimum absolute atomic E-state index is 0.0548. The average molecular weight is 395 g/mol. The predicted octanol–water partition coefficient (Wildman–Crippen LogP) is 1.88. The molecule has 2 aromatic rings. The Balaban J connectivity index is 1.70. The van der Waals surface area contributed by atoms with Gasteiger partial charge in [-0.1, -0.05) is 17.9 Å². The fourth-order valence-electron chi connectivity index (χ4n) is 4.13. The highest BCUT2D eigenvalue weighted by Gasteiger charge is 2.33. The molecule has 6 heteroatoms. The second-order valence-electron chi connectivity index (χ2n) is 7.56. The molecule has 0 saturated carbocycles. The molecule has 1 saturated heterocycles. The third kappa shape index (κ3) is 3.56. The molecule has 6 nitrogen and oxygen atoms in total. The van der Waals surface area contributed by atoms with Crippen molar-refractivity contribution in [3.8, 4) is 23.0 Å². The van der Waals surface area contributed by atoms with Crippen LogP contribution in [-0.2, 0) is 6.54 Å². The summed E-state index contributed by atoms with van der Waals surface area (Å²) in [6, 6.07) is 6.95. The van der Waals surface area contributed by atoms with Gasteiger partial charge in [-0.25, -0.2) is 0 Å². The number of methoxy groups -OCH3 is 2. The number of likely N-dealkylation sites (tertiary alicyclic amines) is 1. The van der Waals surface area contributed by atoms with E-state index in [-0.39, 0.29) is 17.3 Å². The average Bonchev–Trinajstić information content (AvgIpc) is 3.33. The number of quaternary nitrogens is 1. The third-order valence-electron chi connectivity index (χ3n) is 5.65. The number of hydrogen-bond donors (Lipinski definition) is 1. The zero-order valence-electron chi connectivity index (χ0n) is 17.0. The van der Waals surface area contributed by atoms with Crippen LogP contribution in [0.5, 0.6) is 23.0 Å². The third-order valence-corrected chi connectivity index (χ3v) is 5.65. The molecular formula is C23H25NO5. The molecule has 2 aliphatic heterocycles. The highest BCUT2D eigenvalue weighted by atomic mass is 16.5. The van der Waals surface area contributed by atoms with E-state index in [9.17, 15) is 9.90 Å². The van der Waals surface area contributed by atoms with Crippen molar-refractivity contribution in [1.82, 2.24) is 0 Å². The molecule has 2 heterocycles. The van der Waals surface area contributed by atoms with E-state index in [4.69, 9.17) is 14.2 Å². The first-order chi connectivity index (χ1) is 14.0. The lowest BCUT2D eigenvalue weighted by atomic mass is 9.99. The van der Waals surface area contributed by atoms with Gasteiger partial charge in [-0.3, -0.25) is 4.79 Å². The molecule has 0 bridgehead atoms. The maximum atomic E-state index is 13.0. The molecule has 1 fully saturated rings. The van der Waals surface area contributed by atoms with Crippen molar-refractivity contribution in [1.29, 1.82) is 0 Å². The lowest BCUT2D eigenvalue weighted by Crippen LogP contribution is -3.08. The molecule has 2 aromatic carbocycles. The summed E-state index contributed by atoms with van der Waals surface area (Å²) in [6.45, 7) is 4.47. The monoisotopic (exact) mass is 395 g/mol. The molecule has 0 spiro atoms. The second-order valence-corrected chi connectivity index (χ2v) is 7.56. The number of nitrogens with one attached hydrogen (secondary N) is 1. The lowest BCUT2D eigenvalue weighted by Gasteiger charge is -2.20. The zero-order chi connectivity index (χ0) is 20.5. The molecule has 0 aliphatic carbocycles. The number of Topliss-reactive ketones (excluding diaryl/α,β-unsaturated/α-hetero) is 1. The van der Waals surface area contributed by atoms with E-state index in [2.05, 4.69) is 0 Å². The van der Waals surface area contributed by atoms with Gasteiger partial charge in [0.15, 0.2) is 17.3 Å². The van der Waals surface area contributed by atoms with Gasteiger partial charge < -0.3 is 24.2 Å². The Kier molecular flexibility index (Phi) is 5.20. The van der Waals surface area contributed by atoms with Gasteiger partial charge in [-0.05, 0) is 36.3 Å². The van der Waals surface area contributed by atoms with Crippen LogP contribution in [0.1, 0.15) is 39.9 Å². The van der Waals surface area contributed by atoms with Gasteiger partial charge in [0.25, 0.3) is 0 Å². The number of rotatable bonds is 5. The van der Waals surface area contributed by atoms with Crippen LogP contribution in [0.4, 0.5) is 0 Å². The van der Waals surface area contributed by atoms with Gasteiger partial charge >= 0.3 is 0 Å². The van der Waals surface area contributed by atoms with E-state index < -0.39 is 0 Å². The Hall–Kier alpha value is -2.99. The van der Waals surface area contributed by atoms with Crippen LogP contribution in [0.25, 0.3) is 6.08 Å². The number of carbonyl (C=O) groups is 1. The van der Waals surface area contributed by atoms with Gasteiger partial charge in [0.2, 0.25) is 5.78 Å². The fourth-order valence-corrected chi connectivity index (χ4v) is 4.13. The van der Waals surface area contributed by atoms with E-state index >= 15 is 0 Å². The Labute approximate surface area is 170 Å². The minimum Gasteiger partial charge on any atom is -0.872 e. The molecule has 2 aliphatic rings. The molecule has 1 N–H and O–H groups in total. The SMILES string of the molecule is COc1ccc(C=C2Oc3c(C[NH+]4CCCC4)c([O-])cc(C)c3C2=O)cc1OC. The van der Waals surface area contributed by atoms with Crippen molar-refractivity contribution in [2.45, 2.75) is 26.3 Å². The predicted molar refractivity (Wildman–Crippen MR) is 107 cm³/mol.